The van der Waals surface area contributed by atoms with Crippen LogP contribution in [0.1, 0.15) is 37.8 Å². The first-order chi connectivity index (χ1) is 9.09. The molecule has 1 aromatic heterocycles. The Kier molecular flexibility index (Phi) is 4.14. The van der Waals surface area contributed by atoms with Gasteiger partial charge in [-0.25, -0.2) is 0 Å². The highest BCUT2D eigenvalue weighted by atomic mass is 16.4. The molecule has 0 unspecified atom stereocenters. The standard InChI is InChI=1S/C14H18N2O3/c1-9(10-5-7-15-8-6-10)16-13(17)11-3-2-4-12(11)14(18)19/h5-9,11-12H,2-4H2,1H3,(H,16,17)(H,18,19)/t9-,11-,12+/m1/s1. The third-order valence-corrected chi connectivity index (χ3v) is 3.73. The smallest absolute Gasteiger partial charge is 0.307 e. The number of carboxylic acid groups (broad SMARTS) is 1. The Labute approximate surface area is 112 Å². The van der Waals surface area contributed by atoms with Crippen LogP contribution in [0.2, 0.25) is 0 Å². The maximum Gasteiger partial charge on any atom is 0.307 e. The predicted octanol–water partition coefficient (Wildman–Crippen LogP) is 1.76. The molecule has 0 aliphatic heterocycles. The van der Waals surface area contributed by atoms with Gasteiger partial charge in [0.1, 0.15) is 0 Å². The molecule has 1 aliphatic rings. The summed E-state index contributed by atoms with van der Waals surface area (Å²) in [7, 11) is 0. The molecule has 3 atom stereocenters. The zero-order valence-corrected chi connectivity index (χ0v) is 10.9. The number of aliphatic carboxylic acids is 1. The van der Waals surface area contributed by atoms with E-state index >= 15 is 0 Å². The number of rotatable bonds is 4. The minimum atomic E-state index is -0.866. The second kappa shape index (κ2) is 5.82. The molecule has 1 heterocycles. The van der Waals surface area contributed by atoms with Crippen LogP contribution < -0.4 is 5.32 Å². The molecule has 5 nitrogen and oxygen atoms in total. The number of pyridine rings is 1. The average Bonchev–Trinajstić information content (AvgIpc) is 2.89. The molecule has 2 N–H and O–H groups in total. The summed E-state index contributed by atoms with van der Waals surface area (Å²) in [5, 5.41) is 12.0. The topological polar surface area (TPSA) is 79.3 Å². The van der Waals surface area contributed by atoms with Crippen molar-refractivity contribution in [3.05, 3.63) is 30.1 Å². The number of hydrogen-bond acceptors (Lipinski definition) is 3. The van der Waals surface area contributed by atoms with Crippen LogP contribution in [0.15, 0.2) is 24.5 Å². The van der Waals surface area contributed by atoms with Crippen molar-refractivity contribution < 1.29 is 14.7 Å². The number of hydrogen-bond donors (Lipinski definition) is 2. The summed E-state index contributed by atoms with van der Waals surface area (Å²) < 4.78 is 0. The van der Waals surface area contributed by atoms with E-state index in [4.69, 9.17) is 5.11 Å². The highest BCUT2D eigenvalue weighted by Crippen LogP contribution is 2.32. The molecule has 1 saturated carbocycles. The molecular weight excluding hydrogens is 244 g/mol. The van der Waals surface area contributed by atoms with E-state index in [9.17, 15) is 9.59 Å². The van der Waals surface area contributed by atoms with E-state index in [1.54, 1.807) is 12.4 Å². The molecule has 0 spiro atoms. The van der Waals surface area contributed by atoms with Crippen molar-refractivity contribution in [2.45, 2.75) is 32.2 Å². The van der Waals surface area contributed by atoms with Crippen molar-refractivity contribution in [2.24, 2.45) is 11.8 Å². The lowest BCUT2D eigenvalue weighted by atomic mass is 9.95. The minimum Gasteiger partial charge on any atom is -0.481 e. The van der Waals surface area contributed by atoms with E-state index in [2.05, 4.69) is 10.3 Å². The fourth-order valence-electron chi connectivity index (χ4n) is 2.63. The Balaban J connectivity index is 1.99. The van der Waals surface area contributed by atoms with Crippen molar-refractivity contribution in [3.8, 4) is 0 Å². The van der Waals surface area contributed by atoms with Gasteiger partial charge in [0.05, 0.1) is 17.9 Å². The molecule has 1 amide bonds. The first-order valence-corrected chi connectivity index (χ1v) is 6.52. The van der Waals surface area contributed by atoms with E-state index in [0.29, 0.717) is 12.8 Å². The fraction of sp³-hybridized carbons (Fsp3) is 0.500. The summed E-state index contributed by atoms with van der Waals surface area (Å²) in [6, 6.07) is 3.55. The zero-order chi connectivity index (χ0) is 13.8. The second-order valence-electron chi connectivity index (χ2n) is 4.99. The largest absolute Gasteiger partial charge is 0.481 e. The Hall–Kier alpha value is -1.91. The van der Waals surface area contributed by atoms with Crippen LogP contribution in [0.25, 0.3) is 0 Å². The maximum atomic E-state index is 12.2. The normalized spacial score (nSPS) is 23.8. The van der Waals surface area contributed by atoms with Gasteiger partial charge in [0.15, 0.2) is 0 Å². The summed E-state index contributed by atoms with van der Waals surface area (Å²) in [5.41, 5.74) is 0.966. The van der Waals surface area contributed by atoms with Crippen molar-refractivity contribution in [1.82, 2.24) is 10.3 Å². The first-order valence-electron chi connectivity index (χ1n) is 6.52. The van der Waals surface area contributed by atoms with Crippen molar-refractivity contribution >= 4 is 11.9 Å². The van der Waals surface area contributed by atoms with Gasteiger partial charge in [-0.05, 0) is 37.5 Å². The van der Waals surface area contributed by atoms with Gasteiger partial charge >= 0.3 is 5.97 Å². The maximum absolute atomic E-state index is 12.2. The summed E-state index contributed by atoms with van der Waals surface area (Å²) in [5.74, 6) is -1.96. The van der Waals surface area contributed by atoms with Crippen LogP contribution in [0.3, 0.4) is 0 Å². The minimum absolute atomic E-state index is 0.134. The Bertz CT molecular complexity index is 461. The number of carboxylic acids is 1. The first kappa shape index (κ1) is 13.5. The molecule has 0 bridgehead atoms. The van der Waals surface area contributed by atoms with Crippen LogP contribution in [0, 0.1) is 11.8 Å². The van der Waals surface area contributed by atoms with Crippen molar-refractivity contribution in [1.29, 1.82) is 0 Å². The number of carbonyl (C=O) groups is 2. The van der Waals surface area contributed by atoms with E-state index in [1.165, 1.54) is 0 Å². The number of nitrogens with one attached hydrogen (secondary N) is 1. The highest BCUT2D eigenvalue weighted by molar-refractivity contribution is 5.85. The van der Waals surface area contributed by atoms with Gasteiger partial charge in [-0.2, -0.15) is 0 Å². The zero-order valence-electron chi connectivity index (χ0n) is 10.9. The van der Waals surface area contributed by atoms with Crippen LogP contribution in [0.5, 0.6) is 0 Å². The van der Waals surface area contributed by atoms with Gasteiger partial charge < -0.3 is 10.4 Å². The highest BCUT2D eigenvalue weighted by Gasteiger charge is 2.38. The summed E-state index contributed by atoms with van der Waals surface area (Å²) in [6.45, 7) is 1.89. The molecule has 5 heteroatoms. The van der Waals surface area contributed by atoms with Crippen LogP contribution in [0.4, 0.5) is 0 Å². The molecule has 1 aliphatic carbocycles. The van der Waals surface area contributed by atoms with Crippen LogP contribution in [-0.2, 0) is 9.59 Å². The van der Waals surface area contributed by atoms with Gasteiger partial charge in [-0.15, -0.1) is 0 Å². The van der Waals surface area contributed by atoms with Gasteiger partial charge in [0.25, 0.3) is 0 Å². The molecule has 0 saturated heterocycles. The summed E-state index contributed by atoms with van der Waals surface area (Å²) in [6.07, 6.45) is 5.41. The Morgan fingerprint density at radius 2 is 1.95 bits per heavy atom. The number of amides is 1. The summed E-state index contributed by atoms with van der Waals surface area (Å²) >= 11 is 0. The molecule has 2 rings (SSSR count). The van der Waals surface area contributed by atoms with Gasteiger partial charge in [0, 0.05) is 12.4 Å². The van der Waals surface area contributed by atoms with Crippen molar-refractivity contribution in [3.63, 3.8) is 0 Å². The lowest BCUT2D eigenvalue weighted by Gasteiger charge is -2.19. The molecule has 0 aromatic carbocycles. The third kappa shape index (κ3) is 3.10. The molecule has 102 valence electrons. The Morgan fingerprint density at radius 1 is 1.32 bits per heavy atom. The second-order valence-corrected chi connectivity index (χ2v) is 4.99. The molecular formula is C14H18N2O3. The Morgan fingerprint density at radius 3 is 2.58 bits per heavy atom. The molecule has 1 fully saturated rings. The molecule has 0 radical (unpaired) electrons. The third-order valence-electron chi connectivity index (χ3n) is 3.73. The predicted molar refractivity (Wildman–Crippen MR) is 69.3 cm³/mol. The lowest BCUT2D eigenvalue weighted by molar-refractivity contribution is -0.146. The van der Waals surface area contributed by atoms with Crippen LogP contribution >= 0.6 is 0 Å². The fourth-order valence-corrected chi connectivity index (χ4v) is 2.63. The molecule has 19 heavy (non-hydrogen) atoms. The van der Waals surface area contributed by atoms with Crippen LogP contribution in [-0.4, -0.2) is 22.0 Å². The quantitative estimate of drug-likeness (QED) is 0.866. The van der Waals surface area contributed by atoms with E-state index in [-0.39, 0.29) is 11.9 Å². The van der Waals surface area contributed by atoms with E-state index in [1.807, 2.05) is 19.1 Å². The lowest BCUT2D eigenvalue weighted by Crippen LogP contribution is -2.36. The van der Waals surface area contributed by atoms with Gasteiger partial charge in [0.2, 0.25) is 5.91 Å². The van der Waals surface area contributed by atoms with E-state index < -0.39 is 17.8 Å². The number of carbonyl (C=O) groups excluding carboxylic acids is 1. The van der Waals surface area contributed by atoms with E-state index in [0.717, 1.165) is 12.0 Å². The van der Waals surface area contributed by atoms with Gasteiger partial charge in [-0.3, -0.25) is 14.6 Å². The van der Waals surface area contributed by atoms with Crippen molar-refractivity contribution in [2.75, 3.05) is 0 Å². The summed E-state index contributed by atoms with van der Waals surface area (Å²) in [4.78, 5) is 27.2. The monoisotopic (exact) mass is 262 g/mol. The SMILES string of the molecule is C[C@@H](NC(=O)[C@@H]1CCC[C@@H]1C(=O)O)c1ccncc1. The number of nitrogens with zero attached hydrogens (tertiary/aromatic N) is 1. The van der Waals surface area contributed by atoms with Gasteiger partial charge in [-0.1, -0.05) is 6.42 Å². The number of aromatic nitrogens is 1. The molecule has 1 aromatic rings. The average molecular weight is 262 g/mol.